The molecule has 0 bridgehead atoms. The molecule has 0 atom stereocenters. The number of aryl methyl sites for hydroxylation is 1. The molecule has 0 aliphatic carbocycles. The van der Waals surface area contributed by atoms with E-state index in [0.717, 1.165) is 11.3 Å². The van der Waals surface area contributed by atoms with E-state index in [-0.39, 0.29) is 5.91 Å². The van der Waals surface area contributed by atoms with Gasteiger partial charge in [-0.1, -0.05) is 40.9 Å². The second-order valence-electron chi connectivity index (χ2n) is 5.47. The van der Waals surface area contributed by atoms with Crippen molar-refractivity contribution in [2.45, 2.75) is 6.92 Å². The molecule has 25 heavy (non-hydrogen) atoms. The number of benzene rings is 2. The summed E-state index contributed by atoms with van der Waals surface area (Å²) in [4.78, 5) is 16.8. The first kappa shape index (κ1) is 17.3. The number of nitrogens with zero attached hydrogens (tertiary/aromatic N) is 1. The van der Waals surface area contributed by atoms with Gasteiger partial charge in [0, 0.05) is 17.6 Å². The number of nitrogens with one attached hydrogen (secondary N) is 2. The Kier molecular flexibility index (Phi) is 5.22. The van der Waals surface area contributed by atoms with Gasteiger partial charge in [0.1, 0.15) is 5.82 Å². The van der Waals surface area contributed by atoms with Crippen LogP contribution in [0, 0.1) is 6.92 Å². The average Bonchev–Trinajstić information content (AvgIpc) is 2.60. The van der Waals surface area contributed by atoms with Crippen LogP contribution in [0.2, 0.25) is 10.0 Å². The molecule has 0 saturated carbocycles. The lowest BCUT2D eigenvalue weighted by molar-refractivity contribution is 0.102. The molecule has 1 aromatic heterocycles. The highest BCUT2D eigenvalue weighted by Crippen LogP contribution is 2.27. The molecular formula is C19H15Cl2N3O. The van der Waals surface area contributed by atoms with E-state index in [1.807, 2.05) is 31.2 Å². The maximum Gasteiger partial charge on any atom is 0.259 e. The third-order valence-electron chi connectivity index (χ3n) is 3.54. The summed E-state index contributed by atoms with van der Waals surface area (Å²) in [7, 11) is 0. The summed E-state index contributed by atoms with van der Waals surface area (Å²) in [6.45, 7) is 1.99. The molecule has 0 radical (unpaired) electrons. The lowest BCUT2D eigenvalue weighted by Gasteiger charge is -2.12. The molecule has 3 rings (SSSR count). The van der Waals surface area contributed by atoms with Gasteiger partial charge in [-0.2, -0.15) is 0 Å². The van der Waals surface area contributed by atoms with Crippen molar-refractivity contribution in [3.05, 3.63) is 82.0 Å². The molecule has 126 valence electrons. The molecule has 0 saturated heterocycles. The standard InChI is InChI=1S/C19H15Cl2N3O/c1-12-4-6-13(7-5-12)24-19(25)15-3-2-10-22-18(15)23-14-8-9-16(20)17(21)11-14/h2-11H,1H3,(H,22,23)(H,24,25). The van der Waals surface area contributed by atoms with Crippen molar-refractivity contribution in [3.8, 4) is 0 Å². The van der Waals surface area contributed by atoms with E-state index in [2.05, 4.69) is 15.6 Å². The monoisotopic (exact) mass is 371 g/mol. The Balaban J connectivity index is 1.83. The fourth-order valence-electron chi connectivity index (χ4n) is 2.23. The van der Waals surface area contributed by atoms with Crippen LogP contribution in [0.1, 0.15) is 15.9 Å². The van der Waals surface area contributed by atoms with Gasteiger partial charge in [-0.3, -0.25) is 4.79 Å². The second-order valence-corrected chi connectivity index (χ2v) is 6.29. The van der Waals surface area contributed by atoms with Gasteiger partial charge in [0.25, 0.3) is 5.91 Å². The van der Waals surface area contributed by atoms with Crippen LogP contribution in [0.4, 0.5) is 17.2 Å². The van der Waals surface area contributed by atoms with Gasteiger partial charge in [0.15, 0.2) is 0 Å². The summed E-state index contributed by atoms with van der Waals surface area (Å²) >= 11 is 12.0. The zero-order chi connectivity index (χ0) is 17.8. The van der Waals surface area contributed by atoms with Gasteiger partial charge in [0.2, 0.25) is 0 Å². The minimum Gasteiger partial charge on any atom is -0.340 e. The molecule has 1 heterocycles. The van der Waals surface area contributed by atoms with E-state index in [4.69, 9.17) is 23.2 Å². The third-order valence-corrected chi connectivity index (χ3v) is 4.28. The number of aromatic nitrogens is 1. The molecule has 0 aliphatic heterocycles. The lowest BCUT2D eigenvalue weighted by atomic mass is 10.2. The lowest BCUT2D eigenvalue weighted by Crippen LogP contribution is -2.14. The normalized spacial score (nSPS) is 10.4. The smallest absolute Gasteiger partial charge is 0.259 e. The summed E-state index contributed by atoms with van der Waals surface area (Å²) in [6.07, 6.45) is 1.61. The molecule has 0 fully saturated rings. The first-order valence-corrected chi connectivity index (χ1v) is 8.33. The summed E-state index contributed by atoms with van der Waals surface area (Å²) < 4.78 is 0. The molecule has 0 spiro atoms. The Labute approximate surface area is 155 Å². The summed E-state index contributed by atoms with van der Waals surface area (Å²) in [5.74, 6) is 0.185. The largest absolute Gasteiger partial charge is 0.340 e. The van der Waals surface area contributed by atoms with Gasteiger partial charge in [-0.05, 0) is 49.4 Å². The van der Waals surface area contributed by atoms with Crippen molar-refractivity contribution in [2.24, 2.45) is 0 Å². The molecule has 2 N–H and O–H groups in total. The SMILES string of the molecule is Cc1ccc(NC(=O)c2cccnc2Nc2ccc(Cl)c(Cl)c2)cc1. The Bertz CT molecular complexity index is 911. The Morgan fingerprint density at radius 3 is 2.40 bits per heavy atom. The number of carbonyl (C=O) groups is 1. The molecule has 4 nitrogen and oxygen atoms in total. The van der Waals surface area contributed by atoms with Crippen molar-refractivity contribution in [1.29, 1.82) is 0 Å². The van der Waals surface area contributed by atoms with E-state index < -0.39 is 0 Å². The maximum absolute atomic E-state index is 12.6. The van der Waals surface area contributed by atoms with E-state index in [0.29, 0.717) is 27.1 Å². The van der Waals surface area contributed by atoms with Crippen molar-refractivity contribution >= 4 is 46.3 Å². The third kappa shape index (κ3) is 4.29. The first-order chi connectivity index (χ1) is 12.0. The van der Waals surface area contributed by atoms with Crippen LogP contribution in [0.5, 0.6) is 0 Å². The zero-order valence-electron chi connectivity index (χ0n) is 13.4. The number of hydrogen-bond acceptors (Lipinski definition) is 3. The van der Waals surface area contributed by atoms with Gasteiger partial charge < -0.3 is 10.6 Å². The van der Waals surface area contributed by atoms with Crippen molar-refractivity contribution in [2.75, 3.05) is 10.6 Å². The molecule has 1 amide bonds. The highest BCUT2D eigenvalue weighted by molar-refractivity contribution is 6.42. The fourth-order valence-corrected chi connectivity index (χ4v) is 2.53. The van der Waals surface area contributed by atoms with Crippen LogP contribution in [0.25, 0.3) is 0 Å². The topological polar surface area (TPSA) is 54.0 Å². The Morgan fingerprint density at radius 1 is 0.960 bits per heavy atom. The summed E-state index contributed by atoms with van der Waals surface area (Å²) in [5.41, 5.74) is 2.97. The number of anilines is 3. The molecule has 6 heteroatoms. The van der Waals surface area contributed by atoms with Crippen LogP contribution < -0.4 is 10.6 Å². The minimum absolute atomic E-state index is 0.250. The Hall–Kier alpha value is -2.56. The minimum atomic E-state index is -0.250. The number of halogens is 2. The van der Waals surface area contributed by atoms with E-state index in [1.54, 1.807) is 36.5 Å². The zero-order valence-corrected chi connectivity index (χ0v) is 14.9. The highest BCUT2D eigenvalue weighted by Gasteiger charge is 2.13. The summed E-state index contributed by atoms with van der Waals surface area (Å²) in [5, 5.41) is 6.86. The van der Waals surface area contributed by atoms with E-state index >= 15 is 0 Å². The van der Waals surface area contributed by atoms with Gasteiger partial charge in [-0.25, -0.2) is 4.98 Å². The first-order valence-electron chi connectivity index (χ1n) is 7.58. The molecule has 2 aromatic carbocycles. The highest BCUT2D eigenvalue weighted by atomic mass is 35.5. The van der Waals surface area contributed by atoms with Crippen molar-refractivity contribution in [3.63, 3.8) is 0 Å². The van der Waals surface area contributed by atoms with E-state index in [1.165, 1.54) is 0 Å². The number of rotatable bonds is 4. The van der Waals surface area contributed by atoms with Crippen LogP contribution in [0.3, 0.4) is 0 Å². The number of carbonyl (C=O) groups excluding carboxylic acids is 1. The van der Waals surface area contributed by atoms with Crippen LogP contribution in [-0.4, -0.2) is 10.9 Å². The van der Waals surface area contributed by atoms with Crippen molar-refractivity contribution < 1.29 is 4.79 Å². The number of hydrogen-bond donors (Lipinski definition) is 2. The second kappa shape index (κ2) is 7.55. The predicted molar refractivity (Wildman–Crippen MR) is 103 cm³/mol. The van der Waals surface area contributed by atoms with Gasteiger partial charge in [-0.15, -0.1) is 0 Å². The maximum atomic E-state index is 12.6. The van der Waals surface area contributed by atoms with Crippen LogP contribution in [-0.2, 0) is 0 Å². The molecular weight excluding hydrogens is 357 g/mol. The Morgan fingerprint density at radius 2 is 1.68 bits per heavy atom. The van der Waals surface area contributed by atoms with Crippen LogP contribution in [0.15, 0.2) is 60.8 Å². The molecule has 0 unspecified atom stereocenters. The quantitative estimate of drug-likeness (QED) is 0.618. The van der Waals surface area contributed by atoms with E-state index in [9.17, 15) is 4.79 Å². The molecule has 3 aromatic rings. The van der Waals surface area contributed by atoms with Gasteiger partial charge >= 0.3 is 0 Å². The van der Waals surface area contributed by atoms with Gasteiger partial charge in [0.05, 0.1) is 15.6 Å². The number of amides is 1. The summed E-state index contributed by atoms with van der Waals surface area (Å²) in [6, 6.07) is 16.1. The van der Waals surface area contributed by atoms with Crippen molar-refractivity contribution in [1.82, 2.24) is 4.98 Å². The number of pyridine rings is 1. The fraction of sp³-hybridized carbons (Fsp3) is 0.0526. The van der Waals surface area contributed by atoms with Crippen LogP contribution >= 0.6 is 23.2 Å². The predicted octanol–water partition coefficient (Wildman–Crippen LogP) is 5.69. The molecule has 0 aliphatic rings. The average molecular weight is 372 g/mol.